The van der Waals surface area contributed by atoms with Crippen LogP contribution in [0.3, 0.4) is 0 Å². The molecule has 0 aliphatic heterocycles. The van der Waals surface area contributed by atoms with E-state index < -0.39 is 11.0 Å². The number of urea groups is 1. The number of hydrogen-bond acceptors (Lipinski definition) is 5. The molecule has 3 aromatic rings. The summed E-state index contributed by atoms with van der Waals surface area (Å²) in [5.74, 6) is 0.787. The van der Waals surface area contributed by atoms with Gasteiger partial charge in [0, 0.05) is 29.4 Å². The van der Waals surface area contributed by atoms with Gasteiger partial charge >= 0.3 is 6.03 Å². The van der Waals surface area contributed by atoms with E-state index in [2.05, 4.69) is 15.8 Å². The molecule has 2 N–H and O–H groups in total. The average Bonchev–Trinajstić information content (AvgIpc) is 3.04. The Morgan fingerprint density at radius 3 is 2.42 bits per heavy atom. The number of rotatable bonds is 4. The standard InChI is InChI=1S/C16H12N4O4/c21-16(17-12-6-8-13(9-7-12)20(22)23)18-15-10-14(24-19-15)11-4-2-1-3-5-11/h1-10H,(H2,17,18,19,21). The molecule has 0 unspecified atom stereocenters. The third kappa shape index (κ3) is 3.55. The van der Waals surface area contributed by atoms with Gasteiger partial charge in [-0.1, -0.05) is 35.5 Å². The van der Waals surface area contributed by atoms with Gasteiger partial charge < -0.3 is 9.84 Å². The predicted molar refractivity (Wildman–Crippen MR) is 87.7 cm³/mol. The maximum Gasteiger partial charge on any atom is 0.324 e. The van der Waals surface area contributed by atoms with Crippen molar-refractivity contribution in [3.63, 3.8) is 0 Å². The number of non-ortho nitro benzene ring substituents is 1. The second-order valence-electron chi connectivity index (χ2n) is 4.83. The number of aromatic nitrogens is 1. The number of nitrogens with zero attached hydrogens (tertiary/aromatic N) is 2. The number of hydrogen-bond donors (Lipinski definition) is 2. The molecule has 3 rings (SSSR count). The molecule has 0 saturated carbocycles. The number of nitro groups is 1. The molecule has 0 fully saturated rings. The lowest BCUT2D eigenvalue weighted by atomic mass is 10.2. The molecule has 0 radical (unpaired) electrons. The highest BCUT2D eigenvalue weighted by Gasteiger charge is 2.10. The van der Waals surface area contributed by atoms with Gasteiger partial charge in [0.05, 0.1) is 4.92 Å². The van der Waals surface area contributed by atoms with E-state index in [4.69, 9.17) is 4.52 Å². The number of carbonyl (C=O) groups excluding carboxylic acids is 1. The fraction of sp³-hybridized carbons (Fsp3) is 0. The molecule has 0 aliphatic rings. The van der Waals surface area contributed by atoms with Gasteiger partial charge in [-0.2, -0.15) is 0 Å². The number of carbonyl (C=O) groups is 1. The molecule has 1 aromatic heterocycles. The molecule has 0 bridgehead atoms. The summed E-state index contributed by atoms with van der Waals surface area (Å²) in [6.07, 6.45) is 0. The molecule has 2 amide bonds. The van der Waals surface area contributed by atoms with E-state index in [1.54, 1.807) is 6.07 Å². The Hall–Kier alpha value is -3.68. The molecule has 120 valence electrons. The van der Waals surface area contributed by atoms with Gasteiger partial charge in [0.15, 0.2) is 11.6 Å². The lowest BCUT2D eigenvalue weighted by Crippen LogP contribution is -2.19. The molecule has 0 atom stereocenters. The van der Waals surface area contributed by atoms with E-state index in [1.807, 2.05) is 30.3 Å². The molecule has 1 heterocycles. The number of benzene rings is 2. The van der Waals surface area contributed by atoms with Gasteiger partial charge in [0.1, 0.15) is 0 Å². The van der Waals surface area contributed by atoms with Crippen molar-refractivity contribution in [1.29, 1.82) is 0 Å². The summed E-state index contributed by atoms with van der Waals surface area (Å²) in [5.41, 5.74) is 1.21. The van der Waals surface area contributed by atoms with Crippen LogP contribution in [0.5, 0.6) is 0 Å². The quantitative estimate of drug-likeness (QED) is 0.558. The van der Waals surface area contributed by atoms with Crippen LogP contribution >= 0.6 is 0 Å². The second-order valence-corrected chi connectivity index (χ2v) is 4.83. The van der Waals surface area contributed by atoms with Crippen LogP contribution in [0, 0.1) is 10.1 Å². The highest BCUT2D eigenvalue weighted by molar-refractivity contribution is 5.99. The fourth-order valence-corrected chi connectivity index (χ4v) is 2.02. The summed E-state index contributed by atoms with van der Waals surface area (Å²) in [4.78, 5) is 22.0. The Bertz CT molecular complexity index is 859. The summed E-state index contributed by atoms with van der Waals surface area (Å²) < 4.78 is 5.18. The van der Waals surface area contributed by atoms with E-state index >= 15 is 0 Å². The highest BCUT2D eigenvalue weighted by Crippen LogP contribution is 2.22. The smallest absolute Gasteiger partial charge is 0.324 e. The molecular weight excluding hydrogens is 312 g/mol. The van der Waals surface area contributed by atoms with Crippen molar-refractivity contribution in [2.24, 2.45) is 0 Å². The number of nitrogens with one attached hydrogen (secondary N) is 2. The first-order valence-corrected chi connectivity index (χ1v) is 6.96. The Kier molecular flexibility index (Phi) is 4.19. The van der Waals surface area contributed by atoms with Crippen molar-refractivity contribution in [3.05, 3.63) is 70.8 Å². The van der Waals surface area contributed by atoms with Crippen molar-refractivity contribution in [1.82, 2.24) is 5.16 Å². The molecule has 0 aliphatic carbocycles. The minimum atomic E-state index is -0.531. The zero-order valence-electron chi connectivity index (χ0n) is 12.3. The molecule has 0 spiro atoms. The molecule has 0 saturated heterocycles. The average molecular weight is 324 g/mol. The zero-order valence-corrected chi connectivity index (χ0v) is 12.3. The first-order chi connectivity index (χ1) is 11.6. The maximum absolute atomic E-state index is 11.9. The van der Waals surface area contributed by atoms with Crippen LogP contribution < -0.4 is 10.6 Å². The van der Waals surface area contributed by atoms with Crippen LogP contribution in [0.4, 0.5) is 22.0 Å². The van der Waals surface area contributed by atoms with E-state index in [1.165, 1.54) is 24.3 Å². The van der Waals surface area contributed by atoms with Crippen LogP contribution in [0.1, 0.15) is 0 Å². The summed E-state index contributed by atoms with van der Waals surface area (Å²) in [5, 5.41) is 19.4. The van der Waals surface area contributed by atoms with Crippen molar-refractivity contribution < 1.29 is 14.2 Å². The number of amides is 2. The summed E-state index contributed by atoms with van der Waals surface area (Å²) in [7, 11) is 0. The highest BCUT2D eigenvalue weighted by atomic mass is 16.6. The maximum atomic E-state index is 11.9. The first-order valence-electron chi connectivity index (χ1n) is 6.96. The lowest BCUT2D eigenvalue weighted by Gasteiger charge is -2.04. The van der Waals surface area contributed by atoms with Gasteiger partial charge in [0.25, 0.3) is 5.69 Å². The monoisotopic (exact) mass is 324 g/mol. The third-order valence-corrected chi connectivity index (χ3v) is 3.15. The van der Waals surface area contributed by atoms with Crippen molar-refractivity contribution in [2.45, 2.75) is 0 Å². The van der Waals surface area contributed by atoms with Crippen molar-refractivity contribution >= 4 is 23.2 Å². The normalized spacial score (nSPS) is 10.2. The third-order valence-electron chi connectivity index (χ3n) is 3.15. The van der Waals surface area contributed by atoms with Gasteiger partial charge in [-0.05, 0) is 12.1 Å². The molecule has 8 heteroatoms. The van der Waals surface area contributed by atoms with Gasteiger partial charge in [0.2, 0.25) is 0 Å². The predicted octanol–water partition coefficient (Wildman–Crippen LogP) is 3.89. The minimum absolute atomic E-state index is 0.0510. The Morgan fingerprint density at radius 2 is 1.75 bits per heavy atom. The van der Waals surface area contributed by atoms with Crippen molar-refractivity contribution in [2.75, 3.05) is 10.6 Å². The van der Waals surface area contributed by atoms with Crippen molar-refractivity contribution in [3.8, 4) is 11.3 Å². The minimum Gasteiger partial charge on any atom is -0.354 e. The topological polar surface area (TPSA) is 110 Å². The molecular formula is C16H12N4O4. The zero-order chi connectivity index (χ0) is 16.9. The van der Waals surface area contributed by atoms with Gasteiger partial charge in [-0.25, -0.2) is 4.79 Å². The lowest BCUT2D eigenvalue weighted by molar-refractivity contribution is -0.384. The van der Waals surface area contributed by atoms with E-state index in [-0.39, 0.29) is 11.5 Å². The Balaban J connectivity index is 1.63. The molecule has 2 aromatic carbocycles. The van der Waals surface area contributed by atoms with Crippen LogP contribution in [0.15, 0.2) is 65.2 Å². The van der Waals surface area contributed by atoms with Gasteiger partial charge in [-0.15, -0.1) is 0 Å². The molecule has 24 heavy (non-hydrogen) atoms. The van der Waals surface area contributed by atoms with Gasteiger partial charge in [-0.3, -0.25) is 15.4 Å². The van der Waals surface area contributed by atoms with E-state index in [9.17, 15) is 14.9 Å². The number of anilines is 2. The van der Waals surface area contributed by atoms with Crippen LogP contribution in [0.2, 0.25) is 0 Å². The van der Waals surface area contributed by atoms with Crippen LogP contribution in [-0.4, -0.2) is 16.1 Å². The molecule has 8 nitrogen and oxygen atoms in total. The van der Waals surface area contributed by atoms with Crippen LogP contribution in [-0.2, 0) is 0 Å². The largest absolute Gasteiger partial charge is 0.354 e. The van der Waals surface area contributed by atoms with E-state index in [0.29, 0.717) is 11.4 Å². The second kappa shape index (κ2) is 6.61. The fourth-order valence-electron chi connectivity index (χ4n) is 2.02. The Morgan fingerprint density at radius 1 is 1.04 bits per heavy atom. The summed E-state index contributed by atoms with van der Waals surface area (Å²) in [6.45, 7) is 0. The number of nitro benzene ring substituents is 1. The summed E-state index contributed by atoms with van der Waals surface area (Å²) >= 11 is 0. The SMILES string of the molecule is O=C(Nc1ccc([N+](=O)[O-])cc1)Nc1cc(-c2ccccc2)on1. The Labute approximate surface area is 136 Å². The van der Waals surface area contributed by atoms with Crippen LogP contribution in [0.25, 0.3) is 11.3 Å². The summed E-state index contributed by atoms with van der Waals surface area (Å²) in [6, 6.07) is 15.9. The first kappa shape index (κ1) is 15.2. The van der Waals surface area contributed by atoms with E-state index in [0.717, 1.165) is 5.56 Å².